The van der Waals surface area contributed by atoms with Crippen LogP contribution in [0.1, 0.15) is 0 Å². The summed E-state index contributed by atoms with van der Waals surface area (Å²) in [4.78, 5) is 8.05. The van der Waals surface area contributed by atoms with Gasteiger partial charge < -0.3 is 17.4 Å². The maximum Gasteiger partial charge on any atom is 2.00 e. The Bertz CT molecular complexity index is 850. The summed E-state index contributed by atoms with van der Waals surface area (Å²) in [5.41, 5.74) is 0.336. The van der Waals surface area contributed by atoms with Gasteiger partial charge in [0.05, 0.1) is 10.5 Å². The first-order valence-electron chi connectivity index (χ1n) is 5.30. The Labute approximate surface area is 160 Å². The number of rotatable bonds is 2. The Balaban J connectivity index is 0.00000110. The zero-order valence-electron chi connectivity index (χ0n) is 11.0. The monoisotopic (exact) mass is 637 g/mol. The molecule has 0 atom stereocenters. The molecule has 2 aromatic heterocycles. The van der Waals surface area contributed by atoms with E-state index in [0.717, 1.165) is 7.54 Å². The average molecular weight is 637 g/mol. The molecule has 0 saturated heterocycles. The first-order valence-corrected chi connectivity index (χ1v) is 7.82. The molecule has 0 aliphatic rings. The molecule has 0 saturated carbocycles. The molecule has 0 bridgehead atoms. The minimum atomic E-state index is -3.64. The molecular formula is C13H10IN3O2SU. The summed E-state index contributed by atoms with van der Waals surface area (Å²) in [6, 6.07) is 8.25. The number of halogens is 1. The molecule has 21 heavy (non-hydrogen) atoms. The minimum absolute atomic E-state index is 0. The van der Waals surface area contributed by atoms with Gasteiger partial charge in [-0.05, 0) is 28.1 Å². The van der Waals surface area contributed by atoms with Crippen LogP contribution in [0.15, 0.2) is 47.8 Å². The number of hydrogen-bond donors (Lipinski definition) is 0. The summed E-state index contributed by atoms with van der Waals surface area (Å²) < 4.78 is 27.0. The number of aromatic nitrogens is 3. The summed E-state index contributed by atoms with van der Waals surface area (Å²) in [7, 11) is -3.64. The van der Waals surface area contributed by atoms with E-state index in [0.29, 0.717) is 11.0 Å². The minimum Gasteiger partial charge on any atom is -0.358 e. The Hall–Kier alpha value is -0.428. The second kappa shape index (κ2) is 7.22. The second-order valence-corrected chi connectivity index (χ2v) is 6.75. The van der Waals surface area contributed by atoms with Gasteiger partial charge in [-0.1, -0.05) is 23.6 Å². The van der Waals surface area contributed by atoms with Gasteiger partial charge in [0.25, 0.3) is 10.0 Å². The third-order valence-corrected chi connectivity index (χ3v) is 5.10. The molecule has 8 heteroatoms. The smallest absolute Gasteiger partial charge is 0.358 e. The molecule has 0 aliphatic carbocycles. The van der Waals surface area contributed by atoms with Gasteiger partial charge in [0, 0.05) is 6.33 Å². The van der Waals surface area contributed by atoms with E-state index in [9.17, 15) is 8.42 Å². The van der Waals surface area contributed by atoms with E-state index >= 15 is 0 Å². The third kappa shape index (κ3) is 3.33. The molecule has 3 aromatic rings. The van der Waals surface area contributed by atoms with Crippen LogP contribution in [0.4, 0.5) is 0 Å². The first kappa shape index (κ1) is 18.6. The van der Waals surface area contributed by atoms with E-state index in [1.807, 2.05) is 22.6 Å². The molecule has 0 aliphatic heterocycles. The van der Waals surface area contributed by atoms with Crippen LogP contribution in [-0.2, 0) is 10.0 Å². The van der Waals surface area contributed by atoms with Crippen molar-refractivity contribution in [3.05, 3.63) is 60.0 Å². The van der Waals surface area contributed by atoms with Crippen LogP contribution in [0.2, 0.25) is 0 Å². The van der Waals surface area contributed by atoms with E-state index < -0.39 is 10.0 Å². The maximum atomic E-state index is 12.5. The van der Waals surface area contributed by atoms with Crippen molar-refractivity contribution in [1.29, 1.82) is 0 Å². The summed E-state index contributed by atoms with van der Waals surface area (Å²) in [5, 5.41) is 0.600. The first-order chi connectivity index (χ1) is 9.10. The van der Waals surface area contributed by atoms with Gasteiger partial charge in [-0.2, -0.15) is 0 Å². The largest absolute Gasteiger partial charge is 2.00 e. The fraction of sp³-hybridized carbons (Fsp3) is 0. The summed E-state index contributed by atoms with van der Waals surface area (Å²) in [6.45, 7) is 0. The molecule has 1 aromatic carbocycles. The standard InChI is InChI=1S/C12H7IN3O2S.CH3.U/c13-11-7-16(12-10(11)6-14-8-15-12)19(17,18)9-4-2-1-3-5-9;;/h1-5,7-8H;1H3;/q2*-1;+2. The molecule has 106 valence electrons. The molecule has 0 N–H and O–H groups in total. The van der Waals surface area contributed by atoms with Gasteiger partial charge >= 0.3 is 31.1 Å². The molecule has 2 heterocycles. The normalized spacial score (nSPS) is 10.7. The van der Waals surface area contributed by atoms with Crippen LogP contribution in [0.3, 0.4) is 0 Å². The summed E-state index contributed by atoms with van der Waals surface area (Å²) in [5.74, 6) is 0. The zero-order chi connectivity index (χ0) is 13.5. The van der Waals surface area contributed by atoms with E-state index in [2.05, 4.69) is 16.2 Å². The molecule has 5 nitrogen and oxygen atoms in total. The van der Waals surface area contributed by atoms with Gasteiger partial charge in [0.15, 0.2) is 0 Å². The fourth-order valence-corrected chi connectivity index (χ4v) is 3.90. The van der Waals surface area contributed by atoms with Crippen molar-refractivity contribution < 1.29 is 39.5 Å². The van der Waals surface area contributed by atoms with Crippen LogP contribution < -0.4 is 0 Å². The second-order valence-electron chi connectivity index (χ2n) is 3.78. The van der Waals surface area contributed by atoms with Gasteiger partial charge in [-0.15, -0.1) is 22.6 Å². The molecule has 0 spiro atoms. The molecule has 3 rings (SSSR count). The zero-order valence-corrected chi connectivity index (χ0v) is 18.1. The van der Waals surface area contributed by atoms with Crippen LogP contribution in [-0.4, -0.2) is 22.4 Å². The van der Waals surface area contributed by atoms with E-state index in [1.54, 1.807) is 30.3 Å². The van der Waals surface area contributed by atoms with E-state index in [1.165, 1.54) is 12.5 Å². The van der Waals surface area contributed by atoms with Crippen molar-refractivity contribution in [3.8, 4) is 0 Å². The Morgan fingerprint density at radius 3 is 2.52 bits per heavy atom. The van der Waals surface area contributed by atoms with Crippen LogP contribution in [0, 0.1) is 48.3 Å². The van der Waals surface area contributed by atoms with E-state index in [4.69, 9.17) is 0 Å². The van der Waals surface area contributed by atoms with Crippen molar-refractivity contribution in [2.24, 2.45) is 0 Å². The predicted octanol–water partition coefficient (Wildman–Crippen LogP) is 2.52. The average Bonchev–Trinajstić information content (AvgIpc) is 2.79. The van der Waals surface area contributed by atoms with Crippen molar-refractivity contribution >= 4 is 43.6 Å². The van der Waals surface area contributed by atoms with Crippen molar-refractivity contribution in [2.75, 3.05) is 0 Å². The fourth-order valence-electron chi connectivity index (χ4n) is 1.74. The summed E-state index contributed by atoms with van der Waals surface area (Å²) >= 11 is 2.04. The van der Waals surface area contributed by atoms with Crippen LogP contribution >= 0.6 is 22.6 Å². The molecular weight excluding hydrogens is 627 g/mol. The van der Waals surface area contributed by atoms with Gasteiger partial charge in [0.2, 0.25) is 0 Å². The summed E-state index contributed by atoms with van der Waals surface area (Å²) in [6.07, 6.45) is 5.57. The van der Waals surface area contributed by atoms with Crippen molar-refractivity contribution in [2.45, 2.75) is 4.90 Å². The maximum absolute atomic E-state index is 12.5. The number of nitrogens with zero attached hydrogens (tertiary/aromatic N) is 3. The topological polar surface area (TPSA) is 64.8 Å². The number of fused-ring (bicyclic) bond motifs is 1. The SMILES string of the molecule is O=S(=O)(c1ccccc1)n1cc(I)c2[c-]ncnc21.[CH3-].[U+2]. The van der Waals surface area contributed by atoms with Crippen LogP contribution in [0.25, 0.3) is 11.0 Å². The van der Waals surface area contributed by atoms with Crippen molar-refractivity contribution in [3.63, 3.8) is 0 Å². The number of hydrogen-bond acceptors (Lipinski definition) is 4. The van der Waals surface area contributed by atoms with Gasteiger partial charge in [-0.25, -0.2) is 8.42 Å². The predicted molar refractivity (Wildman–Crippen MR) is 84.5 cm³/mol. The number of benzene rings is 1. The Kier molecular flexibility index (Phi) is 6.40. The molecule has 0 radical (unpaired) electrons. The van der Waals surface area contributed by atoms with Gasteiger partial charge in [0.1, 0.15) is 0 Å². The molecule has 0 amide bonds. The third-order valence-electron chi connectivity index (χ3n) is 2.62. The molecule has 0 unspecified atom stereocenters. The van der Waals surface area contributed by atoms with E-state index in [-0.39, 0.29) is 43.4 Å². The Morgan fingerprint density at radius 2 is 1.86 bits per heavy atom. The molecule has 0 fully saturated rings. The van der Waals surface area contributed by atoms with Crippen LogP contribution in [0.5, 0.6) is 0 Å². The quantitative estimate of drug-likeness (QED) is 0.321. The Morgan fingerprint density at radius 1 is 1.19 bits per heavy atom. The van der Waals surface area contributed by atoms with Gasteiger partial charge in [-0.3, -0.25) is 3.97 Å². The van der Waals surface area contributed by atoms with Crippen molar-refractivity contribution in [1.82, 2.24) is 13.9 Å².